The molecule has 2 nitrogen and oxygen atoms in total. The van der Waals surface area contributed by atoms with Gasteiger partial charge >= 0.3 is 0 Å². The van der Waals surface area contributed by atoms with Gasteiger partial charge < -0.3 is 10.2 Å². The molecule has 1 unspecified atom stereocenters. The lowest BCUT2D eigenvalue weighted by Gasteiger charge is -2.26. The lowest BCUT2D eigenvalue weighted by Crippen LogP contribution is -2.39. The van der Waals surface area contributed by atoms with Crippen molar-refractivity contribution >= 4 is 11.8 Å². The van der Waals surface area contributed by atoms with Crippen molar-refractivity contribution in [2.75, 3.05) is 37.7 Å². The Labute approximate surface area is 85.4 Å². The number of terminal acetylenes is 1. The lowest BCUT2D eigenvalue weighted by molar-refractivity contribution is 0.300. The zero-order valence-corrected chi connectivity index (χ0v) is 9.07. The highest BCUT2D eigenvalue weighted by molar-refractivity contribution is 7.99. The van der Waals surface area contributed by atoms with E-state index < -0.39 is 0 Å². The lowest BCUT2D eigenvalue weighted by atomic mass is 10.3. The first-order valence-electron chi connectivity index (χ1n) is 4.82. The van der Waals surface area contributed by atoms with Crippen molar-refractivity contribution in [1.29, 1.82) is 0 Å². The molecule has 0 radical (unpaired) electrons. The molecule has 1 rings (SSSR count). The third kappa shape index (κ3) is 4.56. The maximum Gasteiger partial charge on any atom is 0.0658 e. The van der Waals surface area contributed by atoms with E-state index in [1.807, 2.05) is 18.7 Å². The van der Waals surface area contributed by atoms with Crippen LogP contribution in [0.25, 0.3) is 0 Å². The molecule has 0 saturated carbocycles. The van der Waals surface area contributed by atoms with Crippen LogP contribution in [0.5, 0.6) is 0 Å². The van der Waals surface area contributed by atoms with Crippen molar-refractivity contribution in [3.8, 4) is 12.3 Å². The minimum absolute atomic E-state index is 0.208. The van der Waals surface area contributed by atoms with Gasteiger partial charge in [0.1, 0.15) is 0 Å². The zero-order valence-electron chi connectivity index (χ0n) is 8.25. The maximum atomic E-state index is 5.26. The molecular formula is C10H18N2S. The molecule has 0 aliphatic carbocycles. The van der Waals surface area contributed by atoms with Gasteiger partial charge in [0.25, 0.3) is 0 Å². The highest BCUT2D eigenvalue weighted by Crippen LogP contribution is 2.07. The van der Waals surface area contributed by atoms with E-state index in [2.05, 4.69) is 16.1 Å². The number of rotatable bonds is 4. The Balaban J connectivity index is 2.02. The summed E-state index contributed by atoms with van der Waals surface area (Å²) in [6.45, 7) is 6.63. The fraction of sp³-hybridized carbons (Fsp3) is 0.800. The smallest absolute Gasteiger partial charge is 0.0658 e. The highest BCUT2D eigenvalue weighted by atomic mass is 32.2. The van der Waals surface area contributed by atoms with Crippen molar-refractivity contribution in [3.63, 3.8) is 0 Å². The summed E-state index contributed by atoms with van der Waals surface area (Å²) in [6, 6.07) is 0.208. The Hall–Kier alpha value is -0.170. The van der Waals surface area contributed by atoms with E-state index >= 15 is 0 Å². The summed E-state index contributed by atoms with van der Waals surface area (Å²) in [7, 11) is 0. The normalized spacial score (nSPS) is 20.9. The second-order valence-electron chi connectivity index (χ2n) is 3.30. The first-order chi connectivity index (χ1) is 6.33. The van der Waals surface area contributed by atoms with Gasteiger partial charge in [-0.2, -0.15) is 11.8 Å². The largest absolute Gasteiger partial charge is 0.303 e. The van der Waals surface area contributed by atoms with Crippen LogP contribution in [0.4, 0.5) is 0 Å². The molecule has 0 spiro atoms. The van der Waals surface area contributed by atoms with Crippen molar-refractivity contribution in [2.24, 2.45) is 0 Å². The van der Waals surface area contributed by atoms with Crippen LogP contribution in [-0.2, 0) is 0 Å². The van der Waals surface area contributed by atoms with Crippen molar-refractivity contribution in [3.05, 3.63) is 0 Å². The van der Waals surface area contributed by atoms with Crippen LogP contribution in [-0.4, -0.2) is 48.6 Å². The Morgan fingerprint density at radius 1 is 1.54 bits per heavy atom. The molecule has 1 fully saturated rings. The summed E-state index contributed by atoms with van der Waals surface area (Å²) in [5.74, 6) is 5.23. The summed E-state index contributed by atoms with van der Waals surface area (Å²) in [4.78, 5) is 2.49. The van der Waals surface area contributed by atoms with E-state index in [4.69, 9.17) is 6.42 Å². The third-order valence-electron chi connectivity index (χ3n) is 2.23. The van der Waals surface area contributed by atoms with Crippen molar-refractivity contribution in [1.82, 2.24) is 10.2 Å². The van der Waals surface area contributed by atoms with Gasteiger partial charge in [0.15, 0.2) is 0 Å². The predicted molar refractivity (Wildman–Crippen MR) is 60.1 cm³/mol. The molecule has 1 heterocycles. The predicted octanol–water partition coefficient (Wildman–Crippen LogP) is 0.646. The van der Waals surface area contributed by atoms with Crippen LogP contribution >= 0.6 is 11.8 Å². The molecule has 74 valence electrons. The number of thioether (sulfide) groups is 1. The Bertz CT molecular complexity index is 170. The van der Waals surface area contributed by atoms with E-state index in [1.165, 1.54) is 24.6 Å². The van der Waals surface area contributed by atoms with E-state index in [-0.39, 0.29) is 6.04 Å². The molecule has 1 atom stereocenters. The van der Waals surface area contributed by atoms with E-state index in [0.717, 1.165) is 13.1 Å². The minimum Gasteiger partial charge on any atom is -0.303 e. The van der Waals surface area contributed by atoms with Gasteiger partial charge in [-0.15, -0.1) is 6.42 Å². The van der Waals surface area contributed by atoms with Crippen molar-refractivity contribution in [2.45, 2.75) is 13.0 Å². The van der Waals surface area contributed by atoms with Crippen LogP contribution in [0.2, 0.25) is 0 Å². The van der Waals surface area contributed by atoms with Gasteiger partial charge in [-0.1, -0.05) is 5.92 Å². The number of nitrogens with zero attached hydrogens (tertiary/aromatic N) is 1. The Morgan fingerprint density at radius 3 is 2.85 bits per heavy atom. The molecule has 3 heteroatoms. The number of hydrogen-bond donors (Lipinski definition) is 1. The molecule has 0 aromatic heterocycles. The zero-order chi connectivity index (χ0) is 9.52. The number of hydrogen-bond acceptors (Lipinski definition) is 3. The average molecular weight is 198 g/mol. The van der Waals surface area contributed by atoms with Gasteiger partial charge in [0, 0.05) is 37.7 Å². The molecule has 0 aromatic rings. The SMILES string of the molecule is C#CC(C)NCCN1CCSCC1. The number of nitrogens with one attached hydrogen (secondary N) is 1. The fourth-order valence-electron chi connectivity index (χ4n) is 1.32. The fourth-order valence-corrected chi connectivity index (χ4v) is 2.30. The third-order valence-corrected chi connectivity index (χ3v) is 3.17. The van der Waals surface area contributed by atoms with Crippen LogP contribution < -0.4 is 5.32 Å². The highest BCUT2D eigenvalue weighted by Gasteiger charge is 2.09. The molecule has 0 bridgehead atoms. The molecule has 1 N–H and O–H groups in total. The first-order valence-corrected chi connectivity index (χ1v) is 5.98. The quantitative estimate of drug-likeness (QED) is 0.668. The van der Waals surface area contributed by atoms with Gasteiger partial charge in [0.05, 0.1) is 6.04 Å². The average Bonchev–Trinajstić information content (AvgIpc) is 2.19. The summed E-state index contributed by atoms with van der Waals surface area (Å²) >= 11 is 2.05. The molecule has 1 saturated heterocycles. The molecule has 13 heavy (non-hydrogen) atoms. The molecule has 1 aliphatic rings. The topological polar surface area (TPSA) is 15.3 Å². The van der Waals surface area contributed by atoms with Gasteiger partial charge in [-0.3, -0.25) is 0 Å². The van der Waals surface area contributed by atoms with Gasteiger partial charge in [0.2, 0.25) is 0 Å². The summed E-state index contributed by atoms with van der Waals surface area (Å²) in [5, 5.41) is 3.29. The van der Waals surface area contributed by atoms with Crippen LogP contribution in [0.15, 0.2) is 0 Å². The first kappa shape index (κ1) is 10.9. The van der Waals surface area contributed by atoms with Crippen LogP contribution in [0.1, 0.15) is 6.92 Å². The Kier molecular flexibility index (Phi) is 5.29. The van der Waals surface area contributed by atoms with Gasteiger partial charge in [-0.05, 0) is 6.92 Å². The van der Waals surface area contributed by atoms with Crippen molar-refractivity contribution < 1.29 is 0 Å². The maximum absolute atomic E-state index is 5.26. The van der Waals surface area contributed by atoms with E-state index in [0.29, 0.717) is 0 Å². The molecule has 0 amide bonds. The Morgan fingerprint density at radius 2 is 2.23 bits per heavy atom. The second-order valence-corrected chi connectivity index (χ2v) is 4.52. The second kappa shape index (κ2) is 6.31. The van der Waals surface area contributed by atoms with E-state index in [9.17, 15) is 0 Å². The van der Waals surface area contributed by atoms with Crippen LogP contribution in [0, 0.1) is 12.3 Å². The van der Waals surface area contributed by atoms with Gasteiger partial charge in [-0.25, -0.2) is 0 Å². The molecule has 1 aliphatic heterocycles. The van der Waals surface area contributed by atoms with E-state index in [1.54, 1.807) is 0 Å². The summed E-state index contributed by atoms with van der Waals surface area (Å²) in [5.41, 5.74) is 0. The molecule has 0 aromatic carbocycles. The molecular weight excluding hydrogens is 180 g/mol. The monoisotopic (exact) mass is 198 g/mol. The summed E-state index contributed by atoms with van der Waals surface area (Å²) < 4.78 is 0. The standard InChI is InChI=1S/C10H18N2S/c1-3-10(2)11-4-5-12-6-8-13-9-7-12/h1,10-11H,4-9H2,2H3. The van der Waals surface area contributed by atoms with Crippen LogP contribution in [0.3, 0.4) is 0 Å². The minimum atomic E-state index is 0.208. The summed E-state index contributed by atoms with van der Waals surface area (Å²) in [6.07, 6.45) is 5.26.